The van der Waals surface area contributed by atoms with E-state index in [0.29, 0.717) is 18.0 Å². The molecule has 8 nitrogen and oxygen atoms in total. The second-order valence-corrected chi connectivity index (χ2v) is 9.00. The lowest BCUT2D eigenvalue weighted by Gasteiger charge is -2.14. The van der Waals surface area contributed by atoms with Crippen LogP contribution in [0.5, 0.6) is 5.75 Å². The molecular weight excluding hydrogens is 502 g/mol. The molecule has 0 bridgehead atoms. The first-order valence-electron chi connectivity index (χ1n) is 11.2. The molecule has 1 aromatic carbocycles. The molecule has 2 amide bonds. The molecule has 0 unspecified atom stereocenters. The van der Waals surface area contributed by atoms with E-state index in [1.165, 1.54) is 48.6 Å². The maximum absolute atomic E-state index is 13.1. The van der Waals surface area contributed by atoms with Crippen molar-refractivity contribution in [3.63, 3.8) is 0 Å². The molecule has 9 heteroatoms. The van der Waals surface area contributed by atoms with Gasteiger partial charge in [0.2, 0.25) is 5.91 Å². The fraction of sp³-hybridized carbons (Fsp3) is 0.320. The number of furan rings is 1. The van der Waals surface area contributed by atoms with Gasteiger partial charge in [0.1, 0.15) is 5.75 Å². The Morgan fingerprint density at radius 1 is 1.21 bits per heavy atom. The van der Waals surface area contributed by atoms with Gasteiger partial charge in [-0.05, 0) is 56.4 Å². The second-order valence-electron chi connectivity index (χ2n) is 8.09. The SMILES string of the molecule is COc1cc(Br)ccc1-n1cc(C(=O)NCC(=O)NCCC2=CCCCC2)c2occc2c1=O. The Hall–Kier alpha value is -3.33. The lowest BCUT2D eigenvalue weighted by atomic mass is 9.97. The number of aromatic nitrogens is 1. The van der Waals surface area contributed by atoms with Crippen molar-refractivity contribution in [3.05, 3.63) is 68.8 Å². The number of carbonyl (C=O) groups is 2. The summed E-state index contributed by atoms with van der Waals surface area (Å²) in [6.07, 6.45) is 10.5. The number of fused-ring (bicyclic) bond motifs is 1. The van der Waals surface area contributed by atoms with Crippen molar-refractivity contribution in [3.8, 4) is 11.4 Å². The van der Waals surface area contributed by atoms with Crippen molar-refractivity contribution in [2.45, 2.75) is 32.1 Å². The van der Waals surface area contributed by atoms with Crippen LogP contribution in [0, 0.1) is 0 Å². The highest BCUT2D eigenvalue weighted by Crippen LogP contribution is 2.27. The van der Waals surface area contributed by atoms with Gasteiger partial charge in [-0.1, -0.05) is 27.6 Å². The van der Waals surface area contributed by atoms with Gasteiger partial charge in [-0.15, -0.1) is 0 Å². The topological polar surface area (TPSA) is 103 Å². The maximum Gasteiger partial charge on any atom is 0.266 e. The van der Waals surface area contributed by atoms with Crippen LogP contribution in [0.1, 0.15) is 42.5 Å². The van der Waals surface area contributed by atoms with E-state index in [0.717, 1.165) is 23.7 Å². The molecule has 2 aromatic heterocycles. The first-order chi connectivity index (χ1) is 16.5. The average Bonchev–Trinajstić information content (AvgIpc) is 3.34. The Labute approximate surface area is 205 Å². The number of nitrogens with one attached hydrogen (secondary N) is 2. The summed E-state index contributed by atoms with van der Waals surface area (Å²) in [7, 11) is 1.50. The highest BCUT2D eigenvalue weighted by molar-refractivity contribution is 9.10. The summed E-state index contributed by atoms with van der Waals surface area (Å²) in [5.74, 6) is -0.337. The molecule has 0 fully saturated rings. The number of halogens is 1. The number of carbonyl (C=O) groups excluding carboxylic acids is 2. The molecule has 34 heavy (non-hydrogen) atoms. The number of nitrogens with zero attached hydrogens (tertiary/aromatic N) is 1. The molecule has 0 saturated heterocycles. The summed E-state index contributed by atoms with van der Waals surface area (Å²) >= 11 is 3.39. The minimum atomic E-state index is -0.519. The van der Waals surface area contributed by atoms with Crippen LogP contribution in [-0.4, -0.2) is 36.6 Å². The third kappa shape index (κ3) is 5.25. The number of rotatable bonds is 8. The molecule has 2 N–H and O–H groups in total. The summed E-state index contributed by atoms with van der Waals surface area (Å²) in [5, 5.41) is 5.72. The Morgan fingerprint density at radius 3 is 2.82 bits per heavy atom. The van der Waals surface area contributed by atoms with Crippen molar-refractivity contribution < 1.29 is 18.7 Å². The van der Waals surface area contributed by atoms with Gasteiger partial charge in [-0.25, -0.2) is 0 Å². The highest BCUT2D eigenvalue weighted by atomic mass is 79.9. The van der Waals surface area contributed by atoms with Crippen LogP contribution in [0.15, 0.2) is 62.1 Å². The zero-order valence-corrected chi connectivity index (χ0v) is 20.4. The van der Waals surface area contributed by atoms with Gasteiger partial charge in [-0.2, -0.15) is 0 Å². The fourth-order valence-corrected chi connectivity index (χ4v) is 4.41. The maximum atomic E-state index is 13.1. The molecule has 4 rings (SSSR count). The van der Waals surface area contributed by atoms with Crippen molar-refractivity contribution in [2.75, 3.05) is 20.2 Å². The van der Waals surface area contributed by atoms with Gasteiger partial charge in [0.05, 0.1) is 36.6 Å². The normalized spacial score (nSPS) is 13.4. The smallest absolute Gasteiger partial charge is 0.266 e. The van der Waals surface area contributed by atoms with Crippen LogP contribution in [0.25, 0.3) is 16.7 Å². The van der Waals surface area contributed by atoms with E-state index >= 15 is 0 Å². The van der Waals surface area contributed by atoms with Crippen molar-refractivity contribution in [1.29, 1.82) is 0 Å². The number of hydrogen-bond donors (Lipinski definition) is 2. The third-order valence-corrected chi connectivity index (χ3v) is 6.32. The molecule has 3 aromatic rings. The van der Waals surface area contributed by atoms with Gasteiger partial charge in [-0.3, -0.25) is 19.0 Å². The van der Waals surface area contributed by atoms with E-state index in [2.05, 4.69) is 32.6 Å². The predicted molar refractivity (Wildman–Crippen MR) is 133 cm³/mol. The molecular formula is C25H26BrN3O5. The number of benzene rings is 1. The Bertz CT molecular complexity index is 1310. The van der Waals surface area contributed by atoms with Crippen LogP contribution < -0.4 is 20.9 Å². The van der Waals surface area contributed by atoms with Crippen LogP contribution in [-0.2, 0) is 4.79 Å². The van der Waals surface area contributed by atoms with Gasteiger partial charge in [0.15, 0.2) is 5.58 Å². The van der Waals surface area contributed by atoms with Crippen molar-refractivity contribution >= 4 is 38.7 Å². The summed E-state index contributed by atoms with van der Waals surface area (Å²) in [4.78, 5) is 38.3. The quantitative estimate of drug-likeness (QED) is 0.429. The fourth-order valence-electron chi connectivity index (χ4n) is 4.07. The number of hydrogen-bond acceptors (Lipinski definition) is 5. The van der Waals surface area contributed by atoms with Crippen LogP contribution in [0.3, 0.4) is 0 Å². The molecule has 0 radical (unpaired) electrons. The van der Waals surface area contributed by atoms with Crippen LogP contribution in [0.4, 0.5) is 0 Å². The monoisotopic (exact) mass is 527 g/mol. The third-order valence-electron chi connectivity index (χ3n) is 5.83. The second kappa shape index (κ2) is 10.7. The summed E-state index contributed by atoms with van der Waals surface area (Å²) < 4.78 is 13.0. The molecule has 0 aliphatic heterocycles. The summed E-state index contributed by atoms with van der Waals surface area (Å²) in [6.45, 7) is 0.359. The molecule has 1 aliphatic rings. The van der Waals surface area contributed by atoms with E-state index in [-0.39, 0.29) is 34.5 Å². The van der Waals surface area contributed by atoms with E-state index in [1.54, 1.807) is 18.2 Å². The number of methoxy groups -OCH3 is 1. The lowest BCUT2D eigenvalue weighted by molar-refractivity contribution is -0.120. The highest BCUT2D eigenvalue weighted by Gasteiger charge is 2.20. The van der Waals surface area contributed by atoms with E-state index in [1.807, 2.05) is 0 Å². The first kappa shape index (κ1) is 23.8. The zero-order valence-electron chi connectivity index (χ0n) is 18.9. The number of pyridine rings is 1. The van der Waals surface area contributed by atoms with Crippen molar-refractivity contribution in [1.82, 2.24) is 15.2 Å². The van der Waals surface area contributed by atoms with Crippen molar-refractivity contribution in [2.24, 2.45) is 0 Å². The molecule has 0 spiro atoms. The lowest BCUT2D eigenvalue weighted by Crippen LogP contribution is -2.37. The Morgan fingerprint density at radius 2 is 2.06 bits per heavy atom. The van der Waals surface area contributed by atoms with E-state index in [9.17, 15) is 14.4 Å². The predicted octanol–water partition coefficient (Wildman–Crippen LogP) is 4.09. The van der Waals surface area contributed by atoms with Gasteiger partial charge in [0.25, 0.3) is 11.5 Å². The van der Waals surface area contributed by atoms with Gasteiger partial charge >= 0.3 is 0 Å². The zero-order chi connectivity index (χ0) is 24.1. The Kier molecular flexibility index (Phi) is 7.52. The minimum Gasteiger partial charge on any atom is -0.495 e. The van der Waals surface area contributed by atoms with Crippen LogP contribution in [0.2, 0.25) is 0 Å². The molecule has 1 aliphatic carbocycles. The molecule has 178 valence electrons. The average molecular weight is 528 g/mol. The summed E-state index contributed by atoms with van der Waals surface area (Å²) in [5.41, 5.74) is 1.81. The van der Waals surface area contributed by atoms with E-state index in [4.69, 9.17) is 9.15 Å². The first-order valence-corrected chi connectivity index (χ1v) is 12.0. The summed E-state index contributed by atoms with van der Waals surface area (Å²) in [6, 6.07) is 6.74. The number of allylic oxidation sites excluding steroid dienone is 1. The minimum absolute atomic E-state index is 0.143. The molecule has 2 heterocycles. The van der Waals surface area contributed by atoms with Crippen LogP contribution >= 0.6 is 15.9 Å². The Balaban J connectivity index is 1.50. The largest absolute Gasteiger partial charge is 0.495 e. The number of ether oxygens (including phenoxy) is 1. The van der Waals surface area contributed by atoms with Gasteiger partial charge < -0.3 is 19.8 Å². The van der Waals surface area contributed by atoms with Gasteiger partial charge in [0, 0.05) is 17.2 Å². The standard InChI is InChI=1S/C25H26BrN3O5/c1-33-21-13-17(26)7-8-20(21)29-15-19(23-18(25(29)32)10-12-34-23)24(31)28-14-22(30)27-11-9-16-5-3-2-4-6-16/h5,7-8,10,12-13,15H,2-4,6,9,11,14H2,1H3,(H,27,30)(H,28,31). The number of amides is 2. The van der Waals surface area contributed by atoms with E-state index < -0.39 is 5.91 Å². The molecule has 0 atom stereocenters. The molecule has 0 saturated carbocycles.